The molecule has 0 unspecified atom stereocenters. The third-order valence-electron chi connectivity index (χ3n) is 10.9. The zero-order valence-electron chi connectivity index (χ0n) is 36.1. The molecular weight excluding hydrogens is 777 g/mol. The molecule has 62 heavy (non-hydrogen) atoms. The lowest BCUT2D eigenvalue weighted by Gasteiger charge is -2.28. The van der Waals surface area contributed by atoms with E-state index >= 15 is 0 Å². The highest BCUT2D eigenvalue weighted by Gasteiger charge is 2.20. The number of hydrogen-bond acceptors (Lipinski definition) is 12. The molecule has 0 aliphatic heterocycles. The van der Waals surface area contributed by atoms with Gasteiger partial charge in [0.15, 0.2) is 0 Å². The molecule has 4 aromatic heterocycles. The second-order valence-corrected chi connectivity index (χ2v) is 15.1. The Morgan fingerprint density at radius 1 is 0.597 bits per heavy atom. The van der Waals surface area contributed by atoms with E-state index in [1.807, 2.05) is 111 Å². The molecule has 4 heterocycles. The van der Waals surface area contributed by atoms with Crippen LogP contribution in [0.2, 0.25) is 0 Å². The van der Waals surface area contributed by atoms with E-state index in [1.165, 1.54) is 0 Å². The van der Waals surface area contributed by atoms with Crippen LogP contribution in [0.1, 0.15) is 33.6 Å². The molecule has 0 aliphatic rings. The van der Waals surface area contributed by atoms with Gasteiger partial charge < -0.3 is 39.0 Å². The molecule has 8 rings (SSSR count). The standard InChI is InChI=1S/C32H32N6O2.C16H16N6/c1-22-14-25(17-33)34-18-31(22)37(3)26-15-29-32(35-21-36(29)2)30(16-26)38(19-23-6-10-27(39-4)11-7-23)20-24-8-12-28(40-5)13-9-24;1-10-4-11(7-17)19-8-15(10)22(3)12-5-13(18)16-14(6-12)21(2)9-20-16/h6-16,18,21H,19-20H2,1-5H3;4-6,8-9H,18H2,1-3H3. The third kappa shape index (κ3) is 8.76. The predicted molar refractivity (Wildman–Crippen MR) is 245 cm³/mol. The number of aryl methyl sites for hydroxylation is 4. The molecule has 4 aromatic carbocycles. The average Bonchev–Trinajstić information content (AvgIpc) is 3.87. The molecule has 0 bridgehead atoms. The minimum Gasteiger partial charge on any atom is -0.497 e. The number of aromatic nitrogens is 6. The van der Waals surface area contributed by atoms with Crippen LogP contribution in [0, 0.1) is 36.5 Å². The van der Waals surface area contributed by atoms with E-state index < -0.39 is 0 Å². The summed E-state index contributed by atoms with van der Waals surface area (Å²) in [6, 6.07) is 32.3. The minimum atomic E-state index is 0.405. The van der Waals surface area contributed by atoms with Crippen LogP contribution in [0.5, 0.6) is 11.5 Å². The fraction of sp³-hybridized carbons (Fsp3) is 0.208. The van der Waals surface area contributed by atoms with Gasteiger partial charge in [-0.25, -0.2) is 19.9 Å². The van der Waals surface area contributed by atoms with Crippen molar-refractivity contribution < 1.29 is 9.47 Å². The van der Waals surface area contributed by atoms with Gasteiger partial charge in [0.25, 0.3) is 0 Å². The first kappa shape index (κ1) is 42.0. The lowest BCUT2D eigenvalue weighted by atomic mass is 10.1. The number of nitrogens with zero attached hydrogens (tertiary/aromatic N) is 11. The van der Waals surface area contributed by atoms with E-state index in [4.69, 9.17) is 25.5 Å². The molecule has 0 radical (unpaired) electrons. The van der Waals surface area contributed by atoms with E-state index in [1.54, 1.807) is 39.0 Å². The molecule has 312 valence electrons. The maximum atomic E-state index is 9.28. The van der Waals surface area contributed by atoms with Crippen molar-refractivity contribution in [2.24, 2.45) is 14.1 Å². The summed E-state index contributed by atoms with van der Waals surface area (Å²) in [6.45, 7) is 5.30. The lowest BCUT2D eigenvalue weighted by Crippen LogP contribution is -2.23. The van der Waals surface area contributed by atoms with E-state index in [0.29, 0.717) is 30.2 Å². The molecule has 2 N–H and O–H groups in total. The number of fused-ring (bicyclic) bond motifs is 2. The van der Waals surface area contributed by atoms with Crippen molar-refractivity contribution in [2.75, 3.05) is 48.7 Å². The Morgan fingerprint density at radius 3 is 1.47 bits per heavy atom. The van der Waals surface area contributed by atoms with E-state index in [9.17, 15) is 5.26 Å². The van der Waals surface area contributed by atoms with E-state index in [0.717, 1.165) is 84.3 Å². The first-order chi connectivity index (χ1) is 29.9. The second-order valence-electron chi connectivity index (χ2n) is 15.1. The highest BCUT2D eigenvalue weighted by atomic mass is 16.5. The molecule has 8 aromatic rings. The second kappa shape index (κ2) is 18.0. The van der Waals surface area contributed by atoms with Crippen molar-refractivity contribution in [2.45, 2.75) is 26.9 Å². The lowest BCUT2D eigenvalue weighted by molar-refractivity contribution is 0.414. The average molecular weight is 825 g/mol. The third-order valence-corrected chi connectivity index (χ3v) is 10.9. The van der Waals surface area contributed by atoms with Crippen molar-refractivity contribution in [1.82, 2.24) is 29.1 Å². The summed E-state index contributed by atoms with van der Waals surface area (Å²) < 4.78 is 14.7. The van der Waals surface area contributed by atoms with Gasteiger partial charge in [-0.05, 0) is 96.8 Å². The van der Waals surface area contributed by atoms with Gasteiger partial charge in [0.2, 0.25) is 0 Å². The number of hydrogen-bond donors (Lipinski definition) is 1. The molecule has 14 nitrogen and oxygen atoms in total. The van der Waals surface area contributed by atoms with Gasteiger partial charge in [0.05, 0.1) is 73.1 Å². The molecule has 0 atom stereocenters. The molecule has 0 amide bonds. The van der Waals surface area contributed by atoms with Crippen LogP contribution in [0.3, 0.4) is 0 Å². The number of benzene rings is 4. The van der Waals surface area contributed by atoms with E-state index in [-0.39, 0.29) is 0 Å². The van der Waals surface area contributed by atoms with Gasteiger partial charge >= 0.3 is 0 Å². The Bertz CT molecular complexity index is 2910. The summed E-state index contributed by atoms with van der Waals surface area (Å²) >= 11 is 0. The van der Waals surface area contributed by atoms with Crippen LogP contribution in [0.25, 0.3) is 22.1 Å². The Hall–Kier alpha value is -8.10. The number of nitriles is 2. The van der Waals surface area contributed by atoms with Crippen LogP contribution in [0.4, 0.5) is 34.1 Å². The van der Waals surface area contributed by atoms with Crippen LogP contribution >= 0.6 is 0 Å². The molecule has 0 spiro atoms. The summed E-state index contributed by atoms with van der Waals surface area (Å²) in [5.74, 6) is 1.65. The van der Waals surface area contributed by atoms with Crippen molar-refractivity contribution >= 4 is 56.2 Å². The van der Waals surface area contributed by atoms with Gasteiger partial charge in [-0.15, -0.1) is 0 Å². The minimum absolute atomic E-state index is 0.405. The smallest absolute Gasteiger partial charge is 0.140 e. The number of nitrogen functional groups attached to an aromatic ring is 1. The number of methoxy groups -OCH3 is 2. The predicted octanol–water partition coefficient (Wildman–Crippen LogP) is 8.64. The highest BCUT2D eigenvalue weighted by molar-refractivity contribution is 5.94. The number of ether oxygens (including phenoxy) is 2. The van der Waals surface area contributed by atoms with Crippen LogP contribution in [0.15, 0.2) is 110 Å². The zero-order chi connectivity index (χ0) is 44.1. The number of rotatable bonds is 11. The Labute approximate surface area is 361 Å². The van der Waals surface area contributed by atoms with Crippen molar-refractivity contribution in [1.29, 1.82) is 10.5 Å². The summed E-state index contributed by atoms with van der Waals surface area (Å²) in [5, 5.41) is 18.2. The first-order valence-corrected chi connectivity index (χ1v) is 19.8. The van der Waals surface area contributed by atoms with Crippen LogP contribution in [-0.2, 0) is 27.2 Å². The number of anilines is 6. The maximum Gasteiger partial charge on any atom is 0.140 e. The monoisotopic (exact) mass is 824 g/mol. The SMILES string of the molecule is COc1ccc(CN(Cc2ccc(OC)cc2)c2cc(N(C)c3cnc(C#N)cc3C)cc3c2ncn3C)cc1.Cc1cc(C#N)ncc1N(C)c1cc(N)c2ncn(C)c2c1. The normalized spacial score (nSPS) is 10.7. The maximum absolute atomic E-state index is 9.28. The Kier molecular flexibility index (Phi) is 12.2. The molecule has 14 heteroatoms. The summed E-state index contributed by atoms with van der Waals surface area (Å²) in [7, 11) is 11.3. The molecule has 0 aliphatic carbocycles. The van der Waals surface area contributed by atoms with Gasteiger partial charge in [-0.3, -0.25) is 0 Å². The fourth-order valence-electron chi connectivity index (χ4n) is 7.40. The molecule has 0 fully saturated rings. The summed E-state index contributed by atoms with van der Waals surface area (Å²) in [5.41, 5.74) is 20.4. The summed E-state index contributed by atoms with van der Waals surface area (Å²) in [6.07, 6.45) is 7.07. The number of nitrogens with two attached hydrogens (primary N) is 1. The zero-order valence-corrected chi connectivity index (χ0v) is 36.1. The van der Waals surface area contributed by atoms with Crippen LogP contribution < -0.4 is 29.9 Å². The van der Waals surface area contributed by atoms with Crippen molar-refractivity contribution in [3.05, 3.63) is 144 Å². The van der Waals surface area contributed by atoms with Crippen molar-refractivity contribution in [3.63, 3.8) is 0 Å². The van der Waals surface area contributed by atoms with Gasteiger partial charge in [0, 0.05) is 52.7 Å². The quantitative estimate of drug-likeness (QED) is 0.124. The van der Waals surface area contributed by atoms with E-state index in [2.05, 4.69) is 67.2 Å². The van der Waals surface area contributed by atoms with Gasteiger partial charge in [-0.1, -0.05) is 24.3 Å². The van der Waals surface area contributed by atoms with Gasteiger partial charge in [-0.2, -0.15) is 10.5 Å². The van der Waals surface area contributed by atoms with Gasteiger partial charge in [0.1, 0.15) is 46.1 Å². The molecule has 0 saturated carbocycles. The molecule has 0 saturated heterocycles. The number of pyridine rings is 2. The molecular formula is C48H48N12O2. The van der Waals surface area contributed by atoms with Crippen molar-refractivity contribution in [3.8, 4) is 23.6 Å². The Balaban J connectivity index is 0.000000221. The topological polar surface area (TPSA) is 163 Å². The summed E-state index contributed by atoms with van der Waals surface area (Å²) in [4.78, 5) is 24.0. The largest absolute Gasteiger partial charge is 0.497 e. The Morgan fingerprint density at radius 2 is 1.03 bits per heavy atom. The van der Waals surface area contributed by atoms with Crippen LogP contribution in [-0.4, -0.2) is 57.4 Å². The fourth-order valence-corrected chi connectivity index (χ4v) is 7.40. The first-order valence-electron chi connectivity index (χ1n) is 19.8. The highest BCUT2D eigenvalue weighted by Crippen LogP contribution is 2.37. The number of imidazole rings is 2.